The largest absolute Gasteiger partial charge is 0.357 e. The van der Waals surface area contributed by atoms with Crippen LogP contribution in [0.5, 0.6) is 0 Å². The van der Waals surface area contributed by atoms with E-state index in [2.05, 4.69) is 35.1 Å². The van der Waals surface area contributed by atoms with Crippen molar-refractivity contribution in [1.29, 1.82) is 0 Å². The summed E-state index contributed by atoms with van der Waals surface area (Å²) in [4.78, 5) is 18.7. The van der Waals surface area contributed by atoms with Gasteiger partial charge in [-0.25, -0.2) is 4.98 Å². The van der Waals surface area contributed by atoms with Gasteiger partial charge < -0.3 is 10.2 Å². The number of carbonyl (C=O) groups excluding carboxylic acids is 1. The van der Waals surface area contributed by atoms with Crippen molar-refractivity contribution < 1.29 is 4.79 Å². The number of nitrogens with zero attached hydrogens (tertiary/aromatic N) is 2. The van der Waals surface area contributed by atoms with Gasteiger partial charge in [0.25, 0.3) is 0 Å². The molecule has 0 atom stereocenters. The lowest BCUT2D eigenvalue weighted by atomic mass is 10.1. The van der Waals surface area contributed by atoms with Gasteiger partial charge in [0.15, 0.2) is 0 Å². The van der Waals surface area contributed by atoms with Gasteiger partial charge in [0.1, 0.15) is 5.82 Å². The lowest BCUT2D eigenvalue weighted by molar-refractivity contribution is -0.121. The third kappa shape index (κ3) is 4.73. The Labute approximate surface area is 127 Å². The van der Waals surface area contributed by atoms with Crippen LogP contribution in [-0.4, -0.2) is 30.0 Å². The van der Waals surface area contributed by atoms with Gasteiger partial charge in [-0.2, -0.15) is 0 Å². The molecule has 0 aliphatic carbocycles. The van der Waals surface area contributed by atoms with Crippen LogP contribution in [0.4, 0.5) is 5.82 Å². The van der Waals surface area contributed by atoms with E-state index in [0.29, 0.717) is 12.5 Å². The highest BCUT2D eigenvalue weighted by molar-refractivity contribution is 5.76. The van der Waals surface area contributed by atoms with Gasteiger partial charge in [-0.05, 0) is 49.8 Å². The smallest absolute Gasteiger partial charge is 0.220 e. The standard InChI is InChI=1S/C17H27N3O/c1-3-15(4-2)19-17(21)8-7-14-9-10-18-16(13-14)20-11-5-6-12-20/h9-10,13,15H,3-8,11-12H2,1-2H3,(H,19,21). The van der Waals surface area contributed by atoms with Gasteiger partial charge in [0.05, 0.1) is 0 Å². The molecule has 1 saturated heterocycles. The molecule has 1 aliphatic heterocycles. The maximum Gasteiger partial charge on any atom is 0.220 e. The lowest BCUT2D eigenvalue weighted by Gasteiger charge is -2.17. The van der Waals surface area contributed by atoms with Gasteiger partial charge in [-0.3, -0.25) is 4.79 Å². The molecule has 0 aromatic carbocycles. The van der Waals surface area contributed by atoms with Crippen molar-refractivity contribution in [3.63, 3.8) is 0 Å². The molecule has 1 aliphatic rings. The summed E-state index contributed by atoms with van der Waals surface area (Å²) in [5.74, 6) is 1.22. The van der Waals surface area contributed by atoms with Crippen LogP contribution in [0.3, 0.4) is 0 Å². The van der Waals surface area contributed by atoms with E-state index < -0.39 is 0 Å². The number of hydrogen-bond acceptors (Lipinski definition) is 3. The highest BCUT2D eigenvalue weighted by atomic mass is 16.1. The fourth-order valence-corrected chi connectivity index (χ4v) is 2.79. The molecule has 0 unspecified atom stereocenters. The Kier molecular flexibility index (Phi) is 6.03. The summed E-state index contributed by atoms with van der Waals surface area (Å²) in [6.45, 7) is 6.43. The zero-order chi connectivity index (χ0) is 15.1. The molecule has 0 saturated carbocycles. The Hall–Kier alpha value is -1.58. The molecule has 2 rings (SSSR count). The summed E-state index contributed by atoms with van der Waals surface area (Å²) in [7, 11) is 0. The zero-order valence-electron chi connectivity index (χ0n) is 13.3. The van der Waals surface area contributed by atoms with Gasteiger partial charge in [0, 0.05) is 31.7 Å². The second kappa shape index (κ2) is 8.01. The van der Waals surface area contributed by atoms with E-state index in [-0.39, 0.29) is 5.91 Å². The summed E-state index contributed by atoms with van der Waals surface area (Å²) in [5, 5.41) is 3.09. The SMILES string of the molecule is CCC(CC)NC(=O)CCc1ccnc(N2CCCC2)c1. The van der Waals surface area contributed by atoms with Crippen LogP contribution in [-0.2, 0) is 11.2 Å². The molecule has 1 N–H and O–H groups in total. The summed E-state index contributed by atoms with van der Waals surface area (Å²) in [5.41, 5.74) is 1.20. The van der Waals surface area contributed by atoms with Gasteiger partial charge in [-0.1, -0.05) is 13.8 Å². The van der Waals surface area contributed by atoms with Crippen LogP contribution in [0.1, 0.15) is 51.5 Å². The molecule has 0 spiro atoms. The van der Waals surface area contributed by atoms with Crippen LogP contribution < -0.4 is 10.2 Å². The Balaban J connectivity index is 1.85. The van der Waals surface area contributed by atoms with Crippen LogP contribution in [0, 0.1) is 0 Å². The van der Waals surface area contributed by atoms with Crippen molar-refractivity contribution in [3.8, 4) is 0 Å². The van der Waals surface area contributed by atoms with Crippen LogP contribution >= 0.6 is 0 Å². The van der Waals surface area contributed by atoms with Gasteiger partial charge in [0.2, 0.25) is 5.91 Å². The molecular weight excluding hydrogens is 262 g/mol. The minimum atomic E-state index is 0.156. The average molecular weight is 289 g/mol. The van der Waals surface area contributed by atoms with Crippen molar-refractivity contribution in [2.75, 3.05) is 18.0 Å². The first-order valence-electron chi connectivity index (χ1n) is 8.22. The van der Waals surface area contributed by atoms with Crippen molar-refractivity contribution >= 4 is 11.7 Å². The van der Waals surface area contributed by atoms with Crippen LogP contribution in [0.15, 0.2) is 18.3 Å². The van der Waals surface area contributed by atoms with E-state index in [4.69, 9.17) is 0 Å². The Morgan fingerprint density at radius 3 is 2.71 bits per heavy atom. The number of aryl methyl sites for hydroxylation is 1. The van der Waals surface area contributed by atoms with E-state index >= 15 is 0 Å². The number of aromatic nitrogens is 1. The number of hydrogen-bond donors (Lipinski definition) is 1. The van der Waals surface area contributed by atoms with E-state index in [9.17, 15) is 4.79 Å². The minimum Gasteiger partial charge on any atom is -0.357 e. The predicted molar refractivity (Wildman–Crippen MR) is 86.5 cm³/mol. The third-order valence-electron chi connectivity index (χ3n) is 4.23. The second-order valence-corrected chi connectivity index (χ2v) is 5.80. The van der Waals surface area contributed by atoms with Crippen LogP contribution in [0.2, 0.25) is 0 Å². The molecule has 1 amide bonds. The Morgan fingerprint density at radius 2 is 2.05 bits per heavy atom. The highest BCUT2D eigenvalue weighted by Crippen LogP contribution is 2.19. The Morgan fingerprint density at radius 1 is 1.33 bits per heavy atom. The second-order valence-electron chi connectivity index (χ2n) is 5.80. The average Bonchev–Trinajstić information content (AvgIpc) is 3.05. The molecule has 4 nitrogen and oxygen atoms in total. The number of pyridine rings is 1. The summed E-state index contributed by atoms with van der Waals surface area (Å²) < 4.78 is 0. The first-order chi connectivity index (χ1) is 10.2. The number of carbonyl (C=O) groups is 1. The first kappa shape index (κ1) is 15.8. The fourth-order valence-electron chi connectivity index (χ4n) is 2.79. The highest BCUT2D eigenvalue weighted by Gasteiger charge is 2.14. The van der Waals surface area contributed by atoms with Crippen LogP contribution in [0.25, 0.3) is 0 Å². The normalized spacial score (nSPS) is 14.7. The molecule has 21 heavy (non-hydrogen) atoms. The van der Waals surface area contributed by atoms with Crippen molar-refractivity contribution in [3.05, 3.63) is 23.9 Å². The topological polar surface area (TPSA) is 45.2 Å². The fraction of sp³-hybridized carbons (Fsp3) is 0.647. The third-order valence-corrected chi connectivity index (χ3v) is 4.23. The Bertz CT molecular complexity index is 451. The number of amides is 1. The maximum atomic E-state index is 11.9. The summed E-state index contributed by atoms with van der Waals surface area (Å²) in [6.07, 6.45) is 7.71. The summed E-state index contributed by atoms with van der Waals surface area (Å²) >= 11 is 0. The molecule has 0 radical (unpaired) electrons. The van der Waals surface area contributed by atoms with E-state index in [1.807, 2.05) is 12.3 Å². The minimum absolute atomic E-state index is 0.156. The molecule has 4 heteroatoms. The zero-order valence-corrected chi connectivity index (χ0v) is 13.3. The van der Waals surface area contributed by atoms with Crippen molar-refractivity contribution in [2.45, 2.75) is 58.4 Å². The number of rotatable bonds is 7. The summed E-state index contributed by atoms with van der Waals surface area (Å²) in [6, 6.07) is 4.47. The first-order valence-corrected chi connectivity index (χ1v) is 8.22. The van der Waals surface area contributed by atoms with E-state index in [0.717, 1.165) is 38.2 Å². The van der Waals surface area contributed by atoms with E-state index in [1.165, 1.54) is 18.4 Å². The number of anilines is 1. The maximum absolute atomic E-state index is 11.9. The van der Waals surface area contributed by atoms with Gasteiger partial charge >= 0.3 is 0 Å². The van der Waals surface area contributed by atoms with Crippen molar-refractivity contribution in [2.24, 2.45) is 0 Å². The molecule has 116 valence electrons. The quantitative estimate of drug-likeness (QED) is 0.839. The number of nitrogens with one attached hydrogen (secondary N) is 1. The molecule has 1 aromatic heterocycles. The van der Waals surface area contributed by atoms with E-state index in [1.54, 1.807) is 0 Å². The van der Waals surface area contributed by atoms with Gasteiger partial charge in [-0.15, -0.1) is 0 Å². The lowest BCUT2D eigenvalue weighted by Crippen LogP contribution is -2.33. The molecule has 0 bridgehead atoms. The molecule has 1 fully saturated rings. The predicted octanol–water partition coefficient (Wildman–Crippen LogP) is 2.92. The molecular formula is C17H27N3O. The molecule has 1 aromatic rings. The monoisotopic (exact) mass is 289 g/mol. The van der Waals surface area contributed by atoms with Crippen molar-refractivity contribution in [1.82, 2.24) is 10.3 Å². The molecule has 2 heterocycles.